The minimum Gasteiger partial charge on any atom is -0.478 e. The van der Waals surface area contributed by atoms with Gasteiger partial charge >= 0.3 is 5.97 Å². The number of nitrogens with zero attached hydrogens (tertiary/aromatic N) is 1. The van der Waals surface area contributed by atoms with Crippen molar-refractivity contribution < 1.29 is 9.90 Å². The Balaban J connectivity index is 2.39. The van der Waals surface area contributed by atoms with Crippen LogP contribution in [0.3, 0.4) is 0 Å². The molecule has 0 saturated heterocycles. The van der Waals surface area contributed by atoms with Crippen molar-refractivity contribution >= 4 is 28.5 Å². The van der Waals surface area contributed by atoms with Crippen LogP contribution < -0.4 is 0 Å². The number of fused-ring (bicyclic) bond motifs is 1. The predicted octanol–water partition coefficient (Wildman–Crippen LogP) is 3.77. The maximum Gasteiger partial charge on any atom is 0.336 e. The van der Waals surface area contributed by atoms with E-state index in [1.807, 2.05) is 6.92 Å². The van der Waals surface area contributed by atoms with E-state index in [1.165, 1.54) is 0 Å². The smallest absolute Gasteiger partial charge is 0.336 e. The summed E-state index contributed by atoms with van der Waals surface area (Å²) in [6, 6.07) is 5.21. The molecule has 3 nitrogen and oxygen atoms in total. The highest BCUT2D eigenvalue weighted by Crippen LogP contribution is 2.42. The highest BCUT2D eigenvalue weighted by atomic mass is 35.5. The Bertz CT molecular complexity index is 662. The van der Waals surface area contributed by atoms with Crippen LogP contribution in [-0.2, 0) is 0 Å². The summed E-state index contributed by atoms with van der Waals surface area (Å²) < 4.78 is 0. The summed E-state index contributed by atoms with van der Waals surface area (Å²) in [4.78, 5) is 16.1. The van der Waals surface area contributed by atoms with E-state index >= 15 is 0 Å². The fraction of sp³-hybridized carbons (Fsp3) is 0.286. The van der Waals surface area contributed by atoms with Crippen LogP contribution in [0.2, 0.25) is 5.02 Å². The monoisotopic (exact) mass is 261 g/mol. The highest BCUT2D eigenvalue weighted by molar-refractivity contribution is 6.31. The van der Waals surface area contributed by atoms with Crippen LogP contribution in [0.4, 0.5) is 0 Å². The number of aromatic nitrogens is 1. The van der Waals surface area contributed by atoms with E-state index < -0.39 is 5.97 Å². The van der Waals surface area contributed by atoms with Gasteiger partial charge in [0.15, 0.2) is 0 Å². The average molecular weight is 262 g/mol. The summed E-state index contributed by atoms with van der Waals surface area (Å²) in [7, 11) is 0. The Morgan fingerprint density at radius 3 is 2.78 bits per heavy atom. The number of carbonyl (C=O) groups is 1. The zero-order valence-corrected chi connectivity index (χ0v) is 10.7. The van der Waals surface area contributed by atoms with Crippen molar-refractivity contribution in [2.75, 3.05) is 0 Å². The summed E-state index contributed by atoms with van der Waals surface area (Å²) in [5.41, 5.74) is 2.76. The van der Waals surface area contributed by atoms with Crippen molar-refractivity contribution in [2.45, 2.75) is 25.7 Å². The van der Waals surface area contributed by atoms with Crippen molar-refractivity contribution in [2.24, 2.45) is 0 Å². The Kier molecular flexibility index (Phi) is 2.52. The van der Waals surface area contributed by atoms with E-state index in [1.54, 1.807) is 18.2 Å². The van der Waals surface area contributed by atoms with Gasteiger partial charge in [-0.1, -0.05) is 11.6 Å². The number of benzene rings is 1. The van der Waals surface area contributed by atoms with Gasteiger partial charge in [0.2, 0.25) is 0 Å². The van der Waals surface area contributed by atoms with Gasteiger partial charge in [0.1, 0.15) is 0 Å². The average Bonchev–Trinajstić information content (AvgIpc) is 3.11. The van der Waals surface area contributed by atoms with Crippen molar-refractivity contribution in [3.8, 4) is 0 Å². The van der Waals surface area contributed by atoms with Gasteiger partial charge in [-0.25, -0.2) is 4.79 Å². The van der Waals surface area contributed by atoms with Crippen LogP contribution in [0, 0.1) is 6.92 Å². The van der Waals surface area contributed by atoms with Gasteiger partial charge in [0, 0.05) is 22.0 Å². The van der Waals surface area contributed by atoms with Crippen molar-refractivity contribution in [3.63, 3.8) is 0 Å². The summed E-state index contributed by atoms with van der Waals surface area (Å²) >= 11 is 5.94. The number of carboxylic acid groups (broad SMARTS) is 1. The molecule has 1 aromatic heterocycles. The lowest BCUT2D eigenvalue weighted by molar-refractivity contribution is 0.0698. The Morgan fingerprint density at radius 2 is 2.17 bits per heavy atom. The van der Waals surface area contributed by atoms with E-state index in [4.69, 9.17) is 11.6 Å². The molecule has 0 atom stereocenters. The van der Waals surface area contributed by atoms with Crippen LogP contribution in [0.15, 0.2) is 18.2 Å². The second-order valence-corrected chi connectivity index (χ2v) is 5.17. The minimum atomic E-state index is -0.913. The number of halogens is 1. The molecule has 1 aliphatic carbocycles. The lowest BCUT2D eigenvalue weighted by Crippen LogP contribution is -2.06. The quantitative estimate of drug-likeness (QED) is 0.895. The summed E-state index contributed by atoms with van der Waals surface area (Å²) in [5.74, 6) is -0.479. The number of aromatic carboxylic acids is 1. The first-order valence-electron chi connectivity index (χ1n) is 5.91. The fourth-order valence-corrected chi connectivity index (χ4v) is 2.55. The molecule has 1 heterocycles. The normalized spacial score (nSPS) is 15.0. The molecule has 3 rings (SSSR count). The zero-order chi connectivity index (χ0) is 12.9. The van der Waals surface area contributed by atoms with Gasteiger partial charge in [0.25, 0.3) is 0 Å². The molecule has 1 aliphatic rings. The van der Waals surface area contributed by atoms with E-state index in [9.17, 15) is 9.90 Å². The molecule has 92 valence electrons. The van der Waals surface area contributed by atoms with Crippen molar-refractivity contribution in [1.29, 1.82) is 0 Å². The first-order valence-corrected chi connectivity index (χ1v) is 6.29. The molecule has 1 saturated carbocycles. The van der Waals surface area contributed by atoms with Crippen LogP contribution in [-0.4, -0.2) is 16.1 Å². The van der Waals surface area contributed by atoms with Crippen LogP contribution in [0.1, 0.15) is 40.4 Å². The number of hydrogen-bond acceptors (Lipinski definition) is 2. The number of carboxylic acids is 1. The molecular formula is C14H12ClNO2. The summed E-state index contributed by atoms with van der Waals surface area (Å²) in [6.07, 6.45) is 2.21. The summed E-state index contributed by atoms with van der Waals surface area (Å²) in [5, 5.41) is 10.6. The highest BCUT2D eigenvalue weighted by Gasteiger charge is 2.29. The van der Waals surface area contributed by atoms with Gasteiger partial charge in [-0.05, 0) is 43.5 Å². The number of hydrogen-bond donors (Lipinski definition) is 1. The Morgan fingerprint density at radius 1 is 1.44 bits per heavy atom. The van der Waals surface area contributed by atoms with Crippen molar-refractivity contribution in [1.82, 2.24) is 4.98 Å². The Labute approximate surface area is 109 Å². The second-order valence-electron chi connectivity index (χ2n) is 4.74. The molecule has 0 spiro atoms. The fourth-order valence-electron chi connectivity index (χ4n) is 2.38. The maximum atomic E-state index is 11.5. The van der Waals surface area contributed by atoms with E-state index in [0.29, 0.717) is 27.4 Å². The van der Waals surface area contributed by atoms with Gasteiger partial charge in [-0.3, -0.25) is 4.98 Å². The summed E-state index contributed by atoms with van der Waals surface area (Å²) in [6.45, 7) is 1.84. The van der Waals surface area contributed by atoms with Crippen molar-refractivity contribution in [3.05, 3.63) is 40.0 Å². The molecule has 18 heavy (non-hydrogen) atoms. The third kappa shape index (κ3) is 1.75. The van der Waals surface area contributed by atoms with E-state index in [-0.39, 0.29) is 0 Å². The van der Waals surface area contributed by atoms with Crippen LogP contribution in [0.25, 0.3) is 10.9 Å². The molecule has 0 radical (unpaired) electrons. The van der Waals surface area contributed by atoms with Crippen LogP contribution >= 0.6 is 11.6 Å². The molecule has 0 aliphatic heterocycles. The molecule has 1 fully saturated rings. The second kappa shape index (κ2) is 3.95. The minimum absolute atomic E-state index is 0.337. The largest absolute Gasteiger partial charge is 0.478 e. The molecule has 1 N–H and O–H groups in total. The molecule has 2 aromatic rings. The van der Waals surface area contributed by atoms with E-state index in [2.05, 4.69) is 4.98 Å². The van der Waals surface area contributed by atoms with E-state index in [0.717, 1.165) is 24.1 Å². The first-order chi connectivity index (χ1) is 8.58. The number of rotatable bonds is 2. The van der Waals surface area contributed by atoms with Gasteiger partial charge < -0.3 is 5.11 Å². The number of pyridine rings is 1. The standard InChI is InChI=1S/C14H12ClNO2/c1-7-12(14(17)18)10-6-9(15)4-5-11(10)16-13(7)8-2-3-8/h4-6,8H,2-3H2,1H3,(H,17,18). The SMILES string of the molecule is Cc1c(C2CC2)nc2ccc(Cl)cc2c1C(=O)O. The zero-order valence-electron chi connectivity index (χ0n) is 9.90. The predicted molar refractivity (Wildman–Crippen MR) is 70.4 cm³/mol. The molecule has 4 heteroatoms. The topological polar surface area (TPSA) is 50.2 Å². The Hall–Kier alpha value is -1.61. The third-order valence-electron chi connectivity index (χ3n) is 3.41. The maximum absolute atomic E-state index is 11.5. The molecule has 0 unspecified atom stereocenters. The lowest BCUT2D eigenvalue weighted by atomic mass is 9.99. The third-order valence-corrected chi connectivity index (χ3v) is 3.64. The van der Waals surface area contributed by atoms with Crippen LogP contribution in [0.5, 0.6) is 0 Å². The van der Waals surface area contributed by atoms with Gasteiger partial charge in [-0.2, -0.15) is 0 Å². The molecule has 1 aromatic carbocycles. The molecular weight excluding hydrogens is 250 g/mol. The van der Waals surface area contributed by atoms with Gasteiger partial charge in [-0.15, -0.1) is 0 Å². The lowest BCUT2D eigenvalue weighted by Gasteiger charge is -2.11. The van der Waals surface area contributed by atoms with Gasteiger partial charge in [0.05, 0.1) is 11.1 Å². The molecule has 0 amide bonds. The molecule has 0 bridgehead atoms. The first kappa shape index (κ1) is 11.5.